The molecule has 1 atom stereocenters. The van der Waals surface area contributed by atoms with E-state index in [1.165, 1.54) is 12.1 Å². The lowest BCUT2D eigenvalue weighted by molar-refractivity contribution is -0.384. The number of non-ortho nitro benzene ring substituents is 1. The van der Waals surface area contributed by atoms with Crippen LogP contribution in [0.5, 0.6) is 0 Å². The predicted molar refractivity (Wildman–Crippen MR) is 76.2 cm³/mol. The van der Waals surface area contributed by atoms with Crippen LogP contribution < -0.4 is 5.32 Å². The van der Waals surface area contributed by atoms with Crippen LogP contribution in [0.3, 0.4) is 0 Å². The summed E-state index contributed by atoms with van der Waals surface area (Å²) in [6.45, 7) is 0.537. The van der Waals surface area contributed by atoms with Gasteiger partial charge in [-0.3, -0.25) is 10.1 Å². The lowest BCUT2D eigenvalue weighted by Gasteiger charge is -2.16. The van der Waals surface area contributed by atoms with E-state index in [0.29, 0.717) is 6.54 Å². The van der Waals surface area contributed by atoms with Crippen molar-refractivity contribution >= 4 is 5.69 Å². The van der Waals surface area contributed by atoms with E-state index in [1.54, 1.807) is 12.1 Å². The van der Waals surface area contributed by atoms with Gasteiger partial charge in [-0.1, -0.05) is 42.5 Å². The fraction of sp³-hybridized carbons (Fsp3) is 0.200. The molecule has 0 amide bonds. The van der Waals surface area contributed by atoms with Crippen molar-refractivity contribution in [2.75, 3.05) is 6.61 Å². The van der Waals surface area contributed by atoms with Crippen LogP contribution in [0.4, 0.5) is 5.69 Å². The average molecular weight is 272 g/mol. The second-order valence-electron chi connectivity index (χ2n) is 4.45. The van der Waals surface area contributed by atoms with Gasteiger partial charge >= 0.3 is 0 Å². The molecule has 0 saturated carbocycles. The predicted octanol–water partition coefficient (Wildman–Crippen LogP) is 2.42. The summed E-state index contributed by atoms with van der Waals surface area (Å²) in [5.41, 5.74) is 2.03. The Labute approximate surface area is 117 Å². The number of hydrogen-bond acceptors (Lipinski definition) is 4. The van der Waals surface area contributed by atoms with Crippen LogP contribution in [-0.4, -0.2) is 16.6 Å². The van der Waals surface area contributed by atoms with E-state index >= 15 is 0 Å². The largest absolute Gasteiger partial charge is 0.394 e. The van der Waals surface area contributed by atoms with Crippen molar-refractivity contribution in [3.05, 3.63) is 75.8 Å². The SMILES string of the molecule is O=[N+]([O-])c1ccc(CN[C@@H](CO)c2ccccc2)cc1. The van der Waals surface area contributed by atoms with Crippen molar-refractivity contribution in [2.45, 2.75) is 12.6 Å². The summed E-state index contributed by atoms with van der Waals surface area (Å²) >= 11 is 0. The summed E-state index contributed by atoms with van der Waals surface area (Å²) in [5.74, 6) is 0. The molecule has 0 fully saturated rings. The zero-order valence-electron chi connectivity index (χ0n) is 10.9. The Morgan fingerprint density at radius 2 is 1.75 bits per heavy atom. The van der Waals surface area contributed by atoms with Gasteiger partial charge in [0, 0.05) is 18.7 Å². The summed E-state index contributed by atoms with van der Waals surface area (Å²) in [6, 6.07) is 15.9. The minimum Gasteiger partial charge on any atom is -0.394 e. The highest BCUT2D eigenvalue weighted by molar-refractivity contribution is 5.33. The molecular weight excluding hydrogens is 256 g/mol. The highest BCUT2D eigenvalue weighted by atomic mass is 16.6. The van der Waals surface area contributed by atoms with E-state index in [0.717, 1.165) is 11.1 Å². The van der Waals surface area contributed by atoms with E-state index in [-0.39, 0.29) is 18.3 Å². The van der Waals surface area contributed by atoms with Gasteiger partial charge in [-0.25, -0.2) is 0 Å². The molecule has 0 aliphatic rings. The third kappa shape index (κ3) is 3.63. The number of rotatable bonds is 6. The van der Waals surface area contributed by atoms with Crippen LogP contribution >= 0.6 is 0 Å². The van der Waals surface area contributed by atoms with Gasteiger partial charge in [-0.15, -0.1) is 0 Å². The van der Waals surface area contributed by atoms with Crippen molar-refractivity contribution in [2.24, 2.45) is 0 Å². The third-order valence-corrected chi connectivity index (χ3v) is 3.08. The molecule has 2 aromatic rings. The smallest absolute Gasteiger partial charge is 0.269 e. The van der Waals surface area contributed by atoms with Gasteiger partial charge < -0.3 is 10.4 Å². The van der Waals surface area contributed by atoms with Crippen LogP contribution in [0.2, 0.25) is 0 Å². The van der Waals surface area contributed by atoms with E-state index in [4.69, 9.17) is 0 Å². The fourth-order valence-corrected chi connectivity index (χ4v) is 1.95. The molecule has 20 heavy (non-hydrogen) atoms. The van der Waals surface area contributed by atoms with E-state index in [1.807, 2.05) is 30.3 Å². The summed E-state index contributed by atoms with van der Waals surface area (Å²) in [6.07, 6.45) is 0. The molecule has 0 bridgehead atoms. The van der Waals surface area contributed by atoms with Crippen molar-refractivity contribution in [1.29, 1.82) is 0 Å². The van der Waals surface area contributed by atoms with E-state index in [9.17, 15) is 15.2 Å². The maximum atomic E-state index is 10.6. The molecule has 5 nitrogen and oxygen atoms in total. The van der Waals surface area contributed by atoms with Crippen LogP contribution in [-0.2, 0) is 6.54 Å². The fourth-order valence-electron chi connectivity index (χ4n) is 1.95. The topological polar surface area (TPSA) is 75.4 Å². The maximum Gasteiger partial charge on any atom is 0.269 e. The molecule has 0 spiro atoms. The first-order valence-corrected chi connectivity index (χ1v) is 6.33. The normalized spacial score (nSPS) is 12.1. The molecule has 5 heteroatoms. The van der Waals surface area contributed by atoms with Gasteiger partial charge in [-0.2, -0.15) is 0 Å². The Bertz CT molecular complexity index is 555. The molecule has 2 aromatic carbocycles. The molecular formula is C15H16N2O3. The molecule has 104 valence electrons. The number of nitro groups is 1. The van der Waals surface area contributed by atoms with Crippen molar-refractivity contribution in [1.82, 2.24) is 5.32 Å². The first-order chi connectivity index (χ1) is 9.70. The molecule has 0 unspecified atom stereocenters. The summed E-state index contributed by atoms with van der Waals surface area (Å²) in [5, 5.41) is 23.2. The number of aliphatic hydroxyl groups is 1. The first-order valence-electron chi connectivity index (χ1n) is 6.33. The van der Waals surface area contributed by atoms with Gasteiger partial charge in [0.25, 0.3) is 5.69 Å². The Hall–Kier alpha value is -2.24. The lowest BCUT2D eigenvalue weighted by Crippen LogP contribution is -2.23. The number of nitrogens with zero attached hydrogens (tertiary/aromatic N) is 1. The van der Waals surface area contributed by atoms with Gasteiger partial charge in [0.05, 0.1) is 17.6 Å². The minimum atomic E-state index is -0.419. The number of hydrogen-bond donors (Lipinski definition) is 2. The molecule has 2 N–H and O–H groups in total. The molecule has 0 aliphatic heterocycles. The second-order valence-corrected chi connectivity index (χ2v) is 4.45. The number of nitrogens with one attached hydrogen (secondary N) is 1. The zero-order valence-corrected chi connectivity index (χ0v) is 10.9. The van der Waals surface area contributed by atoms with Gasteiger partial charge in [0.15, 0.2) is 0 Å². The lowest BCUT2D eigenvalue weighted by atomic mass is 10.1. The van der Waals surface area contributed by atoms with Crippen molar-refractivity contribution in [3.8, 4) is 0 Å². The molecule has 0 saturated heterocycles. The monoisotopic (exact) mass is 272 g/mol. The Balaban J connectivity index is 1.98. The second kappa shape index (κ2) is 6.79. The summed E-state index contributed by atoms with van der Waals surface area (Å²) in [7, 11) is 0. The molecule has 0 aromatic heterocycles. The Morgan fingerprint density at radius 1 is 1.10 bits per heavy atom. The molecule has 0 aliphatic carbocycles. The first kappa shape index (κ1) is 14.2. The van der Waals surface area contributed by atoms with E-state index in [2.05, 4.69) is 5.32 Å². The highest BCUT2D eigenvalue weighted by Gasteiger charge is 2.09. The Morgan fingerprint density at radius 3 is 2.30 bits per heavy atom. The van der Waals surface area contributed by atoms with Gasteiger partial charge in [-0.05, 0) is 11.1 Å². The van der Waals surface area contributed by atoms with Crippen LogP contribution in [0.1, 0.15) is 17.2 Å². The van der Waals surface area contributed by atoms with Gasteiger partial charge in [0.2, 0.25) is 0 Å². The van der Waals surface area contributed by atoms with Crippen molar-refractivity contribution in [3.63, 3.8) is 0 Å². The number of benzene rings is 2. The van der Waals surface area contributed by atoms with Gasteiger partial charge in [0.1, 0.15) is 0 Å². The number of aliphatic hydroxyl groups excluding tert-OH is 1. The Kier molecular flexibility index (Phi) is 4.81. The quantitative estimate of drug-likeness (QED) is 0.625. The number of nitro benzene ring substituents is 1. The minimum absolute atomic E-state index is 0.00298. The van der Waals surface area contributed by atoms with Crippen LogP contribution in [0.25, 0.3) is 0 Å². The van der Waals surface area contributed by atoms with Crippen LogP contribution in [0, 0.1) is 10.1 Å². The standard InChI is InChI=1S/C15H16N2O3/c18-11-15(13-4-2-1-3-5-13)16-10-12-6-8-14(9-7-12)17(19)20/h1-9,15-16,18H,10-11H2/t15-/m0/s1. The van der Waals surface area contributed by atoms with Crippen molar-refractivity contribution < 1.29 is 10.0 Å². The highest BCUT2D eigenvalue weighted by Crippen LogP contribution is 2.15. The summed E-state index contributed by atoms with van der Waals surface area (Å²) < 4.78 is 0. The summed E-state index contributed by atoms with van der Waals surface area (Å²) in [4.78, 5) is 10.1. The maximum absolute atomic E-state index is 10.6. The third-order valence-electron chi connectivity index (χ3n) is 3.08. The van der Waals surface area contributed by atoms with Crippen LogP contribution in [0.15, 0.2) is 54.6 Å². The average Bonchev–Trinajstić information content (AvgIpc) is 2.49. The molecule has 0 heterocycles. The molecule has 0 radical (unpaired) electrons. The zero-order chi connectivity index (χ0) is 14.4. The van der Waals surface area contributed by atoms with E-state index < -0.39 is 4.92 Å². The molecule has 2 rings (SSSR count).